The standard InChI is InChI=1S/C24H27N7O5/c1-15-6-8-29-18(9-15)17(10-26-29)22-25-11-19-23(27-22)30(24(34)31(19)21(33)14-36-3)16-5-4-7-28(12-16)20(32)13-35-2/h6,8-11,16H,4-5,7,12-14H2,1-3H3. The molecule has 12 heteroatoms. The van der Waals surface area contributed by atoms with Crippen molar-refractivity contribution in [3.8, 4) is 11.4 Å². The van der Waals surface area contributed by atoms with Crippen molar-refractivity contribution in [3.05, 3.63) is 46.8 Å². The average Bonchev–Trinajstić information content (AvgIpc) is 3.41. The number of pyridine rings is 1. The Kier molecular flexibility index (Phi) is 6.37. The molecule has 0 aliphatic carbocycles. The van der Waals surface area contributed by atoms with Crippen molar-refractivity contribution < 1.29 is 19.1 Å². The van der Waals surface area contributed by atoms with Crippen molar-refractivity contribution >= 4 is 28.5 Å². The maximum Gasteiger partial charge on any atom is 0.337 e. The highest BCUT2D eigenvalue weighted by Gasteiger charge is 2.30. The molecule has 0 spiro atoms. The number of fused-ring (bicyclic) bond motifs is 2. The first-order chi connectivity index (χ1) is 17.4. The van der Waals surface area contributed by atoms with Gasteiger partial charge in [0.2, 0.25) is 5.91 Å². The monoisotopic (exact) mass is 493 g/mol. The van der Waals surface area contributed by atoms with E-state index >= 15 is 0 Å². The highest BCUT2D eigenvalue weighted by atomic mass is 16.5. The topological polar surface area (TPSA) is 126 Å². The molecule has 1 amide bonds. The molecule has 1 aliphatic heterocycles. The summed E-state index contributed by atoms with van der Waals surface area (Å²) < 4.78 is 14.3. The van der Waals surface area contributed by atoms with E-state index in [-0.39, 0.29) is 25.2 Å². The predicted molar refractivity (Wildman–Crippen MR) is 130 cm³/mol. The third-order valence-electron chi connectivity index (χ3n) is 6.43. The minimum Gasteiger partial charge on any atom is -0.375 e. The van der Waals surface area contributed by atoms with Gasteiger partial charge in [-0.1, -0.05) is 0 Å². The zero-order valence-corrected chi connectivity index (χ0v) is 20.4. The van der Waals surface area contributed by atoms with E-state index in [0.29, 0.717) is 48.5 Å². The summed E-state index contributed by atoms with van der Waals surface area (Å²) in [5.74, 6) is -0.278. The zero-order valence-electron chi connectivity index (χ0n) is 20.4. The van der Waals surface area contributed by atoms with Crippen LogP contribution in [0, 0.1) is 6.92 Å². The molecule has 12 nitrogen and oxygen atoms in total. The maximum absolute atomic E-state index is 13.6. The molecule has 1 saturated heterocycles. The van der Waals surface area contributed by atoms with E-state index < -0.39 is 11.6 Å². The van der Waals surface area contributed by atoms with Crippen LogP contribution in [0.15, 0.2) is 35.5 Å². The van der Waals surface area contributed by atoms with Crippen molar-refractivity contribution in [2.24, 2.45) is 0 Å². The van der Waals surface area contributed by atoms with E-state index in [2.05, 4.69) is 10.1 Å². The number of methoxy groups -OCH3 is 2. The Morgan fingerprint density at radius 2 is 1.89 bits per heavy atom. The first-order valence-corrected chi connectivity index (χ1v) is 11.7. The molecule has 0 N–H and O–H groups in total. The third kappa shape index (κ3) is 4.07. The summed E-state index contributed by atoms with van der Waals surface area (Å²) in [5.41, 5.74) is 2.68. The Balaban J connectivity index is 1.66. The van der Waals surface area contributed by atoms with Gasteiger partial charge in [0.1, 0.15) is 18.7 Å². The first-order valence-electron chi connectivity index (χ1n) is 11.7. The highest BCUT2D eigenvalue weighted by molar-refractivity contribution is 5.90. The number of piperidine rings is 1. The van der Waals surface area contributed by atoms with Crippen LogP contribution in [0.1, 0.15) is 29.2 Å². The van der Waals surface area contributed by atoms with Crippen LogP contribution >= 0.6 is 0 Å². The molecule has 5 rings (SSSR count). The van der Waals surface area contributed by atoms with E-state index in [0.717, 1.165) is 15.6 Å². The number of carbonyl (C=O) groups excluding carboxylic acids is 2. The predicted octanol–water partition coefficient (Wildman–Crippen LogP) is 1.31. The molecule has 4 aromatic rings. The summed E-state index contributed by atoms with van der Waals surface area (Å²) in [6, 6.07) is 3.57. The van der Waals surface area contributed by atoms with Crippen LogP contribution in [-0.2, 0) is 14.3 Å². The summed E-state index contributed by atoms with van der Waals surface area (Å²) in [4.78, 5) is 49.8. The lowest BCUT2D eigenvalue weighted by molar-refractivity contribution is -0.136. The van der Waals surface area contributed by atoms with E-state index in [1.807, 2.05) is 25.3 Å². The highest BCUT2D eigenvalue weighted by Crippen LogP contribution is 2.27. The quantitative estimate of drug-likeness (QED) is 0.394. The Morgan fingerprint density at radius 1 is 1.11 bits per heavy atom. The number of hydrogen-bond acceptors (Lipinski definition) is 8. The number of likely N-dealkylation sites (tertiary alicyclic amines) is 1. The van der Waals surface area contributed by atoms with E-state index in [1.165, 1.54) is 25.0 Å². The van der Waals surface area contributed by atoms with E-state index in [1.54, 1.807) is 15.6 Å². The second kappa shape index (κ2) is 9.63. The molecule has 0 saturated carbocycles. The number of nitrogens with zero attached hydrogens (tertiary/aromatic N) is 7. The molecular weight excluding hydrogens is 466 g/mol. The summed E-state index contributed by atoms with van der Waals surface area (Å²) >= 11 is 0. The number of aryl methyl sites for hydroxylation is 1. The number of ether oxygens (including phenoxy) is 2. The van der Waals surface area contributed by atoms with Gasteiger partial charge in [0, 0.05) is 33.5 Å². The molecule has 1 unspecified atom stereocenters. The summed E-state index contributed by atoms with van der Waals surface area (Å²) in [6.07, 6.45) is 6.38. The lowest BCUT2D eigenvalue weighted by Gasteiger charge is -2.33. The molecule has 0 radical (unpaired) electrons. The van der Waals surface area contributed by atoms with E-state index in [4.69, 9.17) is 14.5 Å². The van der Waals surface area contributed by atoms with Gasteiger partial charge < -0.3 is 14.4 Å². The van der Waals surface area contributed by atoms with Crippen LogP contribution in [-0.4, -0.2) is 86.0 Å². The lowest BCUT2D eigenvalue weighted by Crippen LogP contribution is -2.44. The molecule has 1 atom stereocenters. The van der Waals surface area contributed by atoms with Crippen LogP contribution < -0.4 is 5.69 Å². The molecule has 4 aromatic heterocycles. The number of hydrogen-bond donors (Lipinski definition) is 0. The minimum absolute atomic E-state index is 0.0316. The zero-order chi connectivity index (χ0) is 25.4. The second-order valence-corrected chi connectivity index (χ2v) is 8.88. The number of amides is 1. The van der Waals surface area contributed by atoms with Crippen molar-refractivity contribution in [3.63, 3.8) is 0 Å². The molecule has 188 valence electrons. The minimum atomic E-state index is -0.528. The first kappa shape index (κ1) is 23.8. The fraction of sp³-hybridized carbons (Fsp3) is 0.417. The van der Waals surface area contributed by atoms with E-state index in [9.17, 15) is 14.4 Å². The molecule has 5 heterocycles. The number of imidazole rings is 1. The van der Waals surface area contributed by atoms with Crippen LogP contribution in [0.3, 0.4) is 0 Å². The average molecular weight is 494 g/mol. The van der Waals surface area contributed by atoms with Gasteiger partial charge in [-0.3, -0.25) is 14.2 Å². The Morgan fingerprint density at radius 3 is 2.67 bits per heavy atom. The Labute approximate surface area is 206 Å². The summed E-state index contributed by atoms with van der Waals surface area (Å²) in [5, 5.41) is 4.39. The van der Waals surface area contributed by atoms with Gasteiger partial charge in [0.05, 0.1) is 29.5 Å². The fourth-order valence-electron chi connectivity index (χ4n) is 4.76. The molecule has 1 aliphatic rings. The number of carbonyl (C=O) groups is 2. The SMILES string of the molecule is COCC(=O)N1CCCC(n2c(=O)n(C(=O)COC)c3cnc(-c4cnn5ccc(C)cc45)nc32)C1. The summed E-state index contributed by atoms with van der Waals surface area (Å²) in [7, 11) is 2.86. The lowest BCUT2D eigenvalue weighted by atomic mass is 10.1. The molecule has 0 aromatic carbocycles. The van der Waals surface area contributed by atoms with Crippen molar-refractivity contribution in [2.45, 2.75) is 25.8 Å². The van der Waals surface area contributed by atoms with Gasteiger partial charge in [-0.15, -0.1) is 0 Å². The van der Waals surface area contributed by atoms with Crippen molar-refractivity contribution in [2.75, 3.05) is 40.5 Å². The molecule has 1 fully saturated rings. The van der Waals surface area contributed by atoms with Gasteiger partial charge >= 0.3 is 5.69 Å². The smallest absolute Gasteiger partial charge is 0.337 e. The van der Waals surface area contributed by atoms with Crippen molar-refractivity contribution in [1.29, 1.82) is 0 Å². The van der Waals surface area contributed by atoms with Crippen LogP contribution in [0.2, 0.25) is 0 Å². The molecular formula is C24H27N7O5. The van der Waals surface area contributed by atoms with Crippen LogP contribution in [0.25, 0.3) is 28.1 Å². The molecule has 36 heavy (non-hydrogen) atoms. The Hall–Kier alpha value is -3.90. The van der Waals surface area contributed by atoms with Gasteiger partial charge in [0.25, 0.3) is 5.91 Å². The van der Waals surface area contributed by atoms with Gasteiger partial charge in [-0.2, -0.15) is 5.10 Å². The third-order valence-corrected chi connectivity index (χ3v) is 6.43. The summed E-state index contributed by atoms with van der Waals surface area (Å²) in [6.45, 7) is 2.58. The normalized spacial score (nSPS) is 16.2. The maximum atomic E-state index is 13.6. The van der Waals surface area contributed by atoms with Crippen LogP contribution in [0.4, 0.5) is 0 Å². The van der Waals surface area contributed by atoms with Gasteiger partial charge in [0.15, 0.2) is 11.5 Å². The largest absolute Gasteiger partial charge is 0.375 e. The second-order valence-electron chi connectivity index (χ2n) is 8.88. The Bertz CT molecular complexity index is 1520. The molecule has 0 bridgehead atoms. The van der Waals surface area contributed by atoms with Gasteiger partial charge in [-0.05, 0) is 37.5 Å². The number of aromatic nitrogens is 6. The van der Waals surface area contributed by atoms with Crippen molar-refractivity contribution in [1.82, 2.24) is 33.6 Å². The van der Waals surface area contributed by atoms with Gasteiger partial charge in [-0.25, -0.2) is 23.8 Å². The fourth-order valence-corrected chi connectivity index (χ4v) is 4.76. The number of rotatable bonds is 6. The van der Waals surface area contributed by atoms with Crippen LogP contribution in [0.5, 0.6) is 0 Å².